The van der Waals surface area contributed by atoms with Crippen LogP contribution in [0, 0.1) is 0 Å². The van der Waals surface area contributed by atoms with Crippen LogP contribution in [0.2, 0.25) is 0 Å². The summed E-state index contributed by atoms with van der Waals surface area (Å²) in [7, 11) is 0. The standard InChI is InChI=1S/C70H58N4/c1-3-23-53-41-55(35-33-47(53)17-1)69-57-43-65(71-37-13-25-49-19-5-9-29-61(49)71)67(73-39-15-27-51-21-7-11-31-63(51)73)45-59(57)70(56-36-34-48-18-2-4-24-54(48)42-56)60-46-68(74-40-16-28-52-22-8-12-32-64(52)74)66(44-58(60)69)72-38-14-26-50-20-6-10-30-62(50)72/h1-12,17-24,29-36,41-46H,13-16,25-28,37-40H2. The van der Waals surface area contributed by atoms with Gasteiger partial charge in [-0.1, -0.05) is 146 Å². The molecule has 0 aliphatic carbocycles. The topological polar surface area (TPSA) is 13.0 Å². The molecule has 0 unspecified atom stereocenters. The quantitative estimate of drug-likeness (QED) is 0.154. The van der Waals surface area contributed by atoms with Crippen molar-refractivity contribution in [2.45, 2.75) is 51.4 Å². The van der Waals surface area contributed by atoms with Crippen molar-refractivity contribution < 1.29 is 0 Å². The molecule has 0 amide bonds. The first-order chi connectivity index (χ1) is 36.7. The van der Waals surface area contributed by atoms with Crippen LogP contribution in [-0.4, -0.2) is 26.2 Å². The fourth-order valence-corrected chi connectivity index (χ4v) is 13.6. The third-order valence-corrected chi connectivity index (χ3v) is 17.0. The predicted octanol–water partition coefficient (Wildman–Crippen LogP) is 18.0. The summed E-state index contributed by atoms with van der Waals surface area (Å²) < 4.78 is 0. The first kappa shape index (κ1) is 43.3. The summed E-state index contributed by atoms with van der Waals surface area (Å²) in [5, 5.41) is 10.1. The number of nitrogens with zero attached hydrogens (tertiary/aromatic N) is 4. The first-order valence-corrected chi connectivity index (χ1v) is 27.2. The van der Waals surface area contributed by atoms with E-state index in [1.807, 2.05) is 0 Å². The molecule has 74 heavy (non-hydrogen) atoms. The molecular formula is C70H58N4. The van der Waals surface area contributed by atoms with E-state index in [0.29, 0.717) is 0 Å². The van der Waals surface area contributed by atoms with Crippen LogP contribution in [0.3, 0.4) is 0 Å². The van der Waals surface area contributed by atoms with E-state index in [4.69, 9.17) is 0 Å². The van der Waals surface area contributed by atoms with E-state index in [1.54, 1.807) is 0 Å². The fourth-order valence-electron chi connectivity index (χ4n) is 13.6. The van der Waals surface area contributed by atoms with E-state index >= 15 is 0 Å². The Kier molecular flexibility index (Phi) is 10.3. The Labute approximate surface area is 434 Å². The molecule has 0 saturated heterocycles. The Hall–Kier alpha value is -8.34. The van der Waals surface area contributed by atoms with Gasteiger partial charge in [0.15, 0.2) is 0 Å². The second-order valence-corrected chi connectivity index (χ2v) is 21.2. The van der Waals surface area contributed by atoms with Gasteiger partial charge in [0.1, 0.15) is 0 Å². The van der Waals surface area contributed by atoms with Crippen molar-refractivity contribution in [2.75, 3.05) is 45.8 Å². The zero-order valence-electron chi connectivity index (χ0n) is 41.9. The Balaban J connectivity index is 1.13. The zero-order chi connectivity index (χ0) is 48.7. The van der Waals surface area contributed by atoms with Crippen LogP contribution in [0.5, 0.6) is 0 Å². The van der Waals surface area contributed by atoms with Crippen molar-refractivity contribution in [3.8, 4) is 22.3 Å². The molecule has 4 aliphatic heterocycles. The van der Waals surface area contributed by atoms with Crippen LogP contribution < -0.4 is 19.6 Å². The number of para-hydroxylation sites is 4. The molecule has 11 aromatic carbocycles. The minimum absolute atomic E-state index is 0.959. The van der Waals surface area contributed by atoms with Crippen LogP contribution in [0.4, 0.5) is 45.5 Å². The largest absolute Gasteiger partial charge is 0.340 e. The normalized spacial score (nSPS) is 15.4. The second-order valence-electron chi connectivity index (χ2n) is 21.2. The lowest BCUT2D eigenvalue weighted by atomic mass is 9.83. The van der Waals surface area contributed by atoms with Gasteiger partial charge in [-0.3, -0.25) is 0 Å². The van der Waals surface area contributed by atoms with Gasteiger partial charge in [-0.25, -0.2) is 0 Å². The summed E-state index contributed by atoms with van der Waals surface area (Å²) in [6, 6.07) is 79.4. The lowest BCUT2D eigenvalue weighted by molar-refractivity contribution is 0.753. The number of hydrogen-bond acceptors (Lipinski definition) is 4. The Bertz CT molecular complexity index is 3600. The molecule has 0 radical (unpaired) electrons. The fraction of sp³-hybridized carbons (Fsp3) is 0.171. The number of rotatable bonds is 6. The molecule has 11 aromatic rings. The van der Waals surface area contributed by atoms with Crippen molar-refractivity contribution >= 4 is 88.6 Å². The lowest BCUT2D eigenvalue weighted by Crippen LogP contribution is -2.30. The number of aryl methyl sites for hydroxylation is 4. The highest BCUT2D eigenvalue weighted by molar-refractivity contribution is 6.25. The maximum absolute atomic E-state index is 2.67. The maximum atomic E-state index is 2.67. The smallest absolute Gasteiger partial charge is 0.0658 e. The van der Waals surface area contributed by atoms with Crippen molar-refractivity contribution in [1.82, 2.24) is 0 Å². The van der Waals surface area contributed by atoms with Crippen LogP contribution in [0.15, 0.2) is 206 Å². The minimum atomic E-state index is 0.959. The molecule has 4 heteroatoms. The van der Waals surface area contributed by atoms with Crippen LogP contribution in [-0.2, 0) is 25.7 Å². The molecule has 0 fully saturated rings. The second kappa shape index (κ2) is 17.7. The molecule has 15 rings (SSSR count). The lowest BCUT2D eigenvalue weighted by Gasteiger charge is -2.39. The summed E-state index contributed by atoms with van der Waals surface area (Å²) in [6.07, 6.45) is 8.77. The molecule has 0 atom stereocenters. The van der Waals surface area contributed by atoms with Gasteiger partial charge in [-0.2, -0.15) is 0 Å². The number of fused-ring (bicyclic) bond motifs is 8. The monoisotopic (exact) mass is 954 g/mol. The molecule has 4 nitrogen and oxygen atoms in total. The highest BCUT2D eigenvalue weighted by Gasteiger charge is 2.32. The highest BCUT2D eigenvalue weighted by Crippen LogP contribution is 2.54. The van der Waals surface area contributed by atoms with Gasteiger partial charge in [0.2, 0.25) is 0 Å². The van der Waals surface area contributed by atoms with Gasteiger partial charge in [-0.15, -0.1) is 0 Å². The molecule has 4 heterocycles. The third kappa shape index (κ3) is 7.10. The summed E-state index contributed by atoms with van der Waals surface area (Å²) in [5.74, 6) is 0. The SMILES string of the molecule is c1ccc2c(c1)CCCN2c1cc2c(-c3ccc4ccccc4c3)c3cc(N4CCCc5ccccc54)c(N4CCCc5ccccc54)cc3c(-c3ccc4ccccc4c3)c2cc1N1CCCc2ccccc21. The number of benzene rings is 11. The van der Waals surface area contributed by atoms with Gasteiger partial charge in [-0.05, 0) is 200 Å². The molecule has 0 N–H and O–H groups in total. The first-order valence-electron chi connectivity index (χ1n) is 27.2. The van der Waals surface area contributed by atoms with Gasteiger partial charge < -0.3 is 19.6 Å². The highest BCUT2D eigenvalue weighted by atomic mass is 15.2. The van der Waals surface area contributed by atoms with E-state index in [1.165, 1.54) is 133 Å². The molecule has 358 valence electrons. The number of hydrogen-bond donors (Lipinski definition) is 0. The molecule has 4 aliphatic rings. The summed E-state index contributed by atoms with van der Waals surface area (Å²) in [4.78, 5) is 10.7. The van der Waals surface area contributed by atoms with Crippen molar-refractivity contribution in [3.63, 3.8) is 0 Å². The van der Waals surface area contributed by atoms with Gasteiger partial charge in [0, 0.05) is 48.9 Å². The van der Waals surface area contributed by atoms with E-state index in [9.17, 15) is 0 Å². The Morgan fingerprint density at radius 1 is 0.230 bits per heavy atom. The average Bonchev–Trinajstić information content (AvgIpc) is 3.47. The summed E-state index contributed by atoms with van der Waals surface area (Å²) in [5.41, 5.74) is 21.2. The molecule has 0 bridgehead atoms. The van der Waals surface area contributed by atoms with Crippen molar-refractivity contribution in [3.05, 3.63) is 229 Å². The zero-order valence-corrected chi connectivity index (χ0v) is 41.9. The Morgan fingerprint density at radius 3 is 0.811 bits per heavy atom. The van der Waals surface area contributed by atoms with Crippen LogP contribution in [0.25, 0.3) is 65.3 Å². The minimum Gasteiger partial charge on any atom is -0.340 e. The van der Waals surface area contributed by atoms with E-state index < -0.39 is 0 Å². The maximum Gasteiger partial charge on any atom is 0.0658 e. The van der Waals surface area contributed by atoms with E-state index in [-0.39, 0.29) is 0 Å². The van der Waals surface area contributed by atoms with E-state index in [0.717, 1.165) is 77.5 Å². The van der Waals surface area contributed by atoms with Crippen molar-refractivity contribution in [2.24, 2.45) is 0 Å². The predicted molar refractivity (Wildman–Crippen MR) is 314 cm³/mol. The summed E-state index contributed by atoms with van der Waals surface area (Å²) in [6.45, 7) is 3.84. The number of anilines is 8. The van der Waals surface area contributed by atoms with Crippen molar-refractivity contribution in [1.29, 1.82) is 0 Å². The Morgan fingerprint density at radius 2 is 0.500 bits per heavy atom. The molecular weight excluding hydrogens is 897 g/mol. The third-order valence-electron chi connectivity index (χ3n) is 17.0. The van der Waals surface area contributed by atoms with Crippen LogP contribution in [0.1, 0.15) is 47.9 Å². The molecule has 0 aromatic heterocycles. The molecule has 0 saturated carbocycles. The van der Waals surface area contributed by atoms with E-state index in [2.05, 4.69) is 226 Å². The van der Waals surface area contributed by atoms with Gasteiger partial charge >= 0.3 is 0 Å². The van der Waals surface area contributed by atoms with Crippen LogP contribution >= 0.6 is 0 Å². The average molecular weight is 955 g/mol. The molecule has 0 spiro atoms. The van der Waals surface area contributed by atoms with Gasteiger partial charge in [0.05, 0.1) is 22.7 Å². The van der Waals surface area contributed by atoms with Gasteiger partial charge in [0.25, 0.3) is 0 Å². The summed E-state index contributed by atoms with van der Waals surface area (Å²) >= 11 is 0.